The number of benzene rings is 1. The molecule has 4 nitrogen and oxygen atoms in total. The Hall–Kier alpha value is -2.02. The van der Waals surface area contributed by atoms with Gasteiger partial charge in [-0.25, -0.2) is 0 Å². The summed E-state index contributed by atoms with van der Waals surface area (Å²) >= 11 is 0. The fourth-order valence-corrected chi connectivity index (χ4v) is 3.09. The Balaban J connectivity index is 2.42. The molecule has 1 amide bonds. The van der Waals surface area contributed by atoms with Crippen LogP contribution in [0.4, 0.5) is 18.9 Å². The minimum absolute atomic E-state index is 0.0345. The fourth-order valence-electron chi connectivity index (χ4n) is 3.09. The van der Waals surface area contributed by atoms with Gasteiger partial charge in [-0.1, -0.05) is 12.1 Å². The van der Waals surface area contributed by atoms with Gasteiger partial charge in [0.05, 0.1) is 17.6 Å². The summed E-state index contributed by atoms with van der Waals surface area (Å²) in [6, 6.07) is 2.81. The molecule has 0 fully saturated rings. The first-order chi connectivity index (χ1) is 10.1. The lowest BCUT2D eigenvalue weighted by Gasteiger charge is -2.35. The number of nitrogens with one attached hydrogen (secondary N) is 1. The van der Waals surface area contributed by atoms with Crippen molar-refractivity contribution in [3.63, 3.8) is 0 Å². The highest BCUT2D eigenvalue weighted by molar-refractivity contribution is 6.06. The second-order valence-electron chi connectivity index (χ2n) is 5.74. The van der Waals surface area contributed by atoms with Crippen molar-refractivity contribution in [2.24, 2.45) is 7.05 Å². The van der Waals surface area contributed by atoms with Crippen LogP contribution < -0.4 is 5.32 Å². The molecule has 2 heterocycles. The highest BCUT2D eigenvalue weighted by atomic mass is 19.4. The van der Waals surface area contributed by atoms with Crippen LogP contribution in [0.2, 0.25) is 0 Å². The average molecular weight is 312 g/mol. The van der Waals surface area contributed by atoms with E-state index in [1.54, 1.807) is 17.7 Å². The highest BCUT2D eigenvalue weighted by Crippen LogP contribution is 2.49. The third-order valence-electron chi connectivity index (χ3n) is 4.56. The molecule has 0 radical (unpaired) electrons. The van der Waals surface area contributed by atoms with Crippen molar-refractivity contribution in [3.05, 3.63) is 29.0 Å². The number of amides is 1. The average Bonchev–Trinajstić information content (AvgIpc) is 2.62. The van der Waals surface area contributed by atoms with E-state index in [1.165, 1.54) is 6.07 Å². The molecule has 7 heteroatoms. The summed E-state index contributed by atoms with van der Waals surface area (Å²) in [5, 5.41) is 13.4. The van der Waals surface area contributed by atoms with Gasteiger partial charge in [0, 0.05) is 23.7 Å². The zero-order chi connectivity index (χ0) is 16.4. The number of halogens is 3. The van der Waals surface area contributed by atoms with Gasteiger partial charge in [0.25, 0.3) is 0 Å². The Morgan fingerprint density at radius 3 is 2.55 bits per heavy atom. The number of aryl methyl sites for hydroxylation is 2. The number of aromatic nitrogens is 1. The van der Waals surface area contributed by atoms with E-state index < -0.39 is 24.1 Å². The second kappa shape index (κ2) is 4.25. The number of alkyl halides is 3. The third-order valence-corrected chi connectivity index (χ3v) is 4.56. The highest BCUT2D eigenvalue weighted by Gasteiger charge is 2.59. The molecule has 1 unspecified atom stereocenters. The zero-order valence-corrected chi connectivity index (χ0v) is 12.3. The van der Waals surface area contributed by atoms with Crippen LogP contribution in [0.25, 0.3) is 10.9 Å². The van der Waals surface area contributed by atoms with Gasteiger partial charge in [0.15, 0.2) is 5.60 Å². The summed E-state index contributed by atoms with van der Waals surface area (Å²) in [5.74, 6) is -0.851. The summed E-state index contributed by atoms with van der Waals surface area (Å²) in [5.41, 5.74) is -1.14. The van der Waals surface area contributed by atoms with Crippen molar-refractivity contribution >= 4 is 22.5 Å². The van der Waals surface area contributed by atoms with Crippen LogP contribution in [0.15, 0.2) is 12.1 Å². The maximum absolute atomic E-state index is 13.3. The molecule has 0 bridgehead atoms. The predicted octanol–water partition coefficient (Wildman–Crippen LogP) is 2.89. The standard InChI is InChI=1S/C15H15F3N2O2/c1-7-8(2)20(3)13-9(7)4-5-10-12(13)19-11(21)6-14(10,22)15(16,17)18/h4-5,22H,6H2,1-3H3,(H,19,21). The van der Waals surface area contributed by atoms with Crippen LogP contribution in [0.3, 0.4) is 0 Å². The van der Waals surface area contributed by atoms with Crippen LogP contribution in [-0.2, 0) is 17.4 Å². The van der Waals surface area contributed by atoms with Crippen molar-refractivity contribution in [2.75, 3.05) is 5.32 Å². The lowest BCUT2D eigenvalue weighted by Crippen LogP contribution is -2.48. The van der Waals surface area contributed by atoms with E-state index in [1.807, 2.05) is 13.8 Å². The number of nitrogens with zero attached hydrogens (tertiary/aromatic N) is 1. The third kappa shape index (κ3) is 1.71. The first kappa shape index (κ1) is 14.9. The van der Waals surface area contributed by atoms with Gasteiger partial charge in [-0.2, -0.15) is 13.2 Å². The van der Waals surface area contributed by atoms with E-state index in [9.17, 15) is 23.1 Å². The van der Waals surface area contributed by atoms with Gasteiger partial charge in [0.2, 0.25) is 5.91 Å². The van der Waals surface area contributed by atoms with Gasteiger partial charge in [-0.05, 0) is 19.4 Å². The Kier molecular flexibility index (Phi) is 2.88. The monoisotopic (exact) mass is 312 g/mol. The zero-order valence-electron chi connectivity index (χ0n) is 12.3. The molecule has 3 rings (SSSR count). The lowest BCUT2D eigenvalue weighted by atomic mass is 9.84. The number of fused-ring (bicyclic) bond motifs is 3. The van der Waals surface area contributed by atoms with Crippen molar-refractivity contribution in [3.8, 4) is 0 Å². The van der Waals surface area contributed by atoms with E-state index in [4.69, 9.17) is 0 Å². The van der Waals surface area contributed by atoms with E-state index >= 15 is 0 Å². The van der Waals surface area contributed by atoms with Gasteiger partial charge in [0.1, 0.15) is 0 Å². The van der Waals surface area contributed by atoms with Crippen molar-refractivity contribution in [2.45, 2.75) is 32.0 Å². The van der Waals surface area contributed by atoms with Gasteiger partial charge >= 0.3 is 6.18 Å². The molecule has 0 saturated heterocycles. The smallest absolute Gasteiger partial charge is 0.376 e. The molecular formula is C15H15F3N2O2. The number of rotatable bonds is 0. The maximum atomic E-state index is 13.3. The van der Waals surface area contributed by atoms with Gasteiger partial charge in [-0.15, -0.1) is 0 Å². The Morgan fingerprint density at radius 1 is 1.32 bits per heavy atom. The molecule has 0 saturated carbocycles. The summed E-state index contributed by atoms with van der Waals surface area (Å²) in [6.07, 6.45) is -5.96. The first-order valence-corrected chi connectivity index (χ1v) is 6.76. The van der Waals surface area contributed by atoms with Crippen LogP contribution >= 0.6 is 0 Å². The molecule has 2 N–H and O–H groups in total. The first-order valence-electron chi connectivity index (χ1n) is 6.76. The van der Waals surface area contributed by atoms with E-state index in [-0.39, 0.29) is 11.3 Å². The number of aliphatic hydroxyl groups is 1. The number of hydrogen-bond donors (Lipinski definition) is 2. The van der Waals surface area contributed by atoms with Crippen LogP contribution in [-0.4, -0.2) is 21.8 Å². The molecule has 1 aromatic carbocycles. The normalized spacial score (nSPS) is 21.9. The van der Waals surface area contributed by atoms with E-state index in [0.29, 0.717) is 5.52 Å². The molecule has 22 heavy (non-hydrogen) atoms. The van der Waals surface area contributed by atoms with Crippen LogP contribution in [0, 0.1) is 13.8 Å². The van der Waals surface area contributed by atoms with Gasteiger partial charge < -0.3 is 15.0 Å². The molecule has 1 aliphatic rings. The largest absolute Gasteiger partial charge is 0.422 e. The number of carbonyl (C=O) groups is 1. The minimum Gasteiger partial charge on any atom is -0.376 e. The number of carbonyl (C=O) groups excluding carboxylic acids is 1. The topological polar surface area (TPSA) is 54.3 Å². The number of hydrogen-bond acceptors (Lipinski definition) is 2. The molecule has 2 aromatic rings. The van der Waals surface area contributed by atoms with Crippen LogP contribution in [0.5, 0.6) is 0 Å². The van der Waals surface area contributed by atoms with Crippen molar-refractivity contribution in [1.82, 2.24) is 4.57 Å². The maximum Gasteiger partial charge on any atom is 0.422 e. The molecule has 1 atom stereocenters. The van der Waals surface area contributed by atoms with E-state index in [2.05, 4.69) is 5.32 Å². The Bertz CT molecular complexity index is 807. The summed E-state index contributed by atoms with van der Waals surface area (Å²) < 4.78 is 41.7. The quantitative estimate of drug-likeness (QED) is 0.786. The molecule has 1 aromatic heterocycles. The summed E-state index contributed by atoms with van der Waals surface area (Å²) in [4.78, 5) is 11.8. The molecule has 0 spiro atoms. The Labute approximate surface area is 124 Å². The molecule has 1 aliphatic heterocycles. The molecule has 118 valence electrons. The van der Waals surface area contributed by atoms with Gasteiger partial charge in [-0.3, -0.25) is 4.79 Å². The Morgan fingerprint density at radius 2 is 1.95 bits per heavy atom. The summed E-state index contributed by atoms with van der Waals surface area (Å²) in [6.45, 7) is 3.72. The SMILES string of the molecule is Cc1c(C)n(C)c2c3c(ccc12)C(O)(C(F)(F)F)CC(=O)N3. The fraction of sp³-hybridized carbons (Fsp3) is 0.400. The van der Waals surface area contributed by atoms with Crippen molar-refractivity contribution in [1.29, 1.82) is 0 Å². The molecule has 0 aliphatic carbocycles. The van der Waals surface area contributed by atoms with Crippen molar-refractivity contribution < 1.29 is 23.1 Å². The molecular weight excluding hydrogens is 297 g/mol. The lowest BCUT2D eigenvalue weighted by molar-refractivity contribution is -0.267. The predicted molar refractivity (Wildman–Crippen MR) is 75.6 cm³/mol. The van der Waals surface area contributed by atoms with E-state index in [0.717, 1.165) is 16.6 Å². The summed E-state index contributed by atoms with van der Waals surface area (Å²) in [7, 11) is 1.72. The number of anilines is 1. The van der Waals surface area contributed by atoms with Crippen LogP contribution in [0.1, 0.15) is 23.2 Å². The minimum atomic E-state index is -4.93. The second-order valence-corrected chi connectivity index (χ2v) is 5.74.